The van der Waals surface area contributed by atoms with Crippen LogP contribution >= 0.6 is 0 Å². The minimum absolute atomic E-state index is 0.0741. The Kier molecular flexibility index (Phi) is 6.94. The molecule has 0 saturated carbocycles. The van der Waals surface area contributed by atoms with E-state index in [2.05, 4.69) is 10.9 Å². The van der Waals surface area contributed by atoms with E-state index < -0.39 is 39.5 Å². The number of carbonyl (C=O) groups excluding carboxylic acids is 2. The van der Waals surface area contributed by atoms with Gasteiger partial charge in [0.2, 0.25) is 15.9 Å². The first-order valence-corrected chi connectivity index (χ1v) is 8.64. The molecule has 0 aliphatic rings. The van der Waals surface area contributed by atoms with E-state index in [9.17, 15) is 31.2 Å². The highest BCUT2D eigenvalue weighted by Crippen LogP contribution is 2.16. The number of carbonyl (C=O) groups is 2. The molecule has 140 valence electrons. The Morgan fingerprint density at radius 1 is 1.16 bits per heavy atom. The molecule has 3 N–H and O–H groups in total. The summed E-state index contributed by atoms with van der Waals surface area (Å²) in [6.45, 7) is 1.89. The Hall–Kier alpha value is -2.14. The van der Waals surface area contributed by atoms with Crippen molar-refractivity contribution in [1.82, 2.24) is 15.6 Å². The molecule has 0 radical (unpaired) electrons. The number of benzene rings is 1. The van der Waals surface area contributed by atoms with Gasteiger partial charge in [-0.25, -0.2) is 13.1 Å². The predicted octanol–water partition coefficient (Wildman–Crippen LogP) is 1.33. The van der Waals surface area contributed by atoms with E-state index in [0.29, 0.717) is 0 Å². The number of nitrogens with one attached hydrogen (secondary N) is 3. The van der Waals surface area contributed by atoms with Crippen LogP contribution in [0.5, 0.6) is 0 Å². The maximum Gasteiger partial charge on any atom is 0.402 e. The molecule has 0 heterocycles. The van der Waals surface area contributed by atoms with Gasteiger partial charge in [-0.15, -0.1) is 0 Å². The first-order chi connectivity index (χ1) is 11.4. The molecule has 1 rings (SSSR count). The Balaban J connectivity index is 2.80. The van der Waals surface area contributed by atoms with Gasteiger partial charge in [-0.05, 0) is 24.1 Å². The number of sulfonamides is 1. The minimum Gasteiger partial charge on any atom is -0.273 e. The van der Waals surface area contributed by atoms with Crippen LogP contribution in [0.3, 0.4) is 0 Å². The third kappa shape index (κ3) is 7.52. The SMILES string of the molecule is CC(C)CC(=O)NNC(=O)c1cccc(S(=O)(=O)NCC(F)(F)F)c1. The summed E-state index contributed by atoms with van der Waals surface area (Å²) in [5.74, 6) is -1.16. The van der Waals surface area contributed by atoms with Crippen molar-refractivity contribution >= 4 is 21.8 Å². The van der Waals surface area contributed by atoms with Crippen molar-refractivity contribution in [3.05, 3.63) is 29.8 Å². The highest BCUT2D eigenvalue weighted by atomic mass is 32.2. The lowest BCUT2D eigenvalue weighted by atomic mass is 10.1. The third-order valence-corrected chi connectivity index (χ3v) is 4.18. The molecule has 0 atom stereocenters. The van der Waals surface area contributed by atoms with Gasteiger partial charge in [-0.2, -0.15) is 13.2 Å². The second-order valence-corrected chi connectivity index (χ2v) is 7.33. The number of rotatable bonds is 6. The summed E-state index contributed by atoms with van der Waals surface area (Å²) in [6, 6.07) is 4.41. The van der Waals surface area contributed by atoms with Crippen molar-refractivity contribution in [1.29, 1.82) is 0 Å². The Labute approximate surface area is 143 Å². The van der Waals surface area contributed by atoms with Crippen molar-refractivity contribution in [3.63, 3.8) is 0 Å². The second kappa shape index (κ2) is 8.30. The van der Waals surface area contributed by atoms with E-state index in [-0.39, 0.29) is 17.9 Å². The summed E-state index contributed by atoms with van der Waals surface area (Å²) in [7, 11) is -4.43. The van der Waals surface area contributed by atoms with Gasteiger partial charge in [0, 0.05) is 12.0 Å². The van der Waals surface area contributed by atoms with Crippen LogP contribution in [0, 0.1) is 5.92 Å². The maximum absolute atomic E-state index is 12.1. The average molecular weight is 381 g/mol. The summed E-state index contributed by atoms with van der Waals surface area (Å²) in [6.07, 6.45) is -4.53. The normalized spacial score (nSPS) is 12.1. The van der Waals surface area contributed by atoms with E-state index in [4.69, 9.17) is 0 Å². The van der Waals surface area contributed by atoms with Gasteiger partial charge in [0.05, 0.1) is 4.90 Å². The summed E-state index contributed by atoms with van der Waals surface area (Å²) >= 11 is 0. The van der Waals surface area contributed by atoms with Crippen LogP contribution in [0.4, 0.5) is 13.2 Å². The quantitative estimate of drug-likeness (QED) is 0.647. The van der Waals surface area contributed by atoms with Gasteiger partial charge in [0.15, 0.2) is 0 Å². The molecule has 0 saturated heterocycles. The summed E-state index contributed by atoms with van der Waals surface area (Å²) in [4.78, 5) is 22.9. The van der Waals surface area contributed by atoms with Gasteiger partial charge < -0.3 is 0 Å². The highest BCUT2D eigenvalue weighted by molar-refractivity contribution is 7.89. The number of hydrogen-bond acceptors (Lipinski definition) is 4. The van der Waals surface area contributed by atoms with Crippen LogP contribution in [0.2, 0.25) is 0 Å². The zero-order valence-electron chi connectivity index (χ0n) is 13.5. The smallest absolute Gasteiger partial charge is 0.273 e. The molecule has 0 aliphatic carbocycles. The molecule has 7 nitrogen and oxygen atoms in total. The van der Waals surface area contributed by atoms with E-state index in [1.54, 1.807) is 0 Å². The van der Waals surface area contributed by atoms with Crippen molar-refractivity contribution in [2.45, 2.75) is 31.3 Å². The standard InChI is InChI=1S/C14H18F3N3O4S/c1-9(2)6-12(21)19-20-13(22)10-4-3-5-11(7-10)25(23,24)18-8-14(15,16)17/h3-5,7,9,18H,6,8H2,1-2H3,(H,19,21)(H,20,22). The van der Waals surface area contributed by atoms with Crippen LogP contribution in [-0.4, -0.2) is 33.0 Å². The van der Waals surface area contributed by atoms with Crippen molar-refractivity contribution < 1.29 is 31.2 Å². The first-order valence-electron chi connectivity index (χ1n) is 7.16. The molecule has 1 aromatic carbocycles. The van der Waals surface area contributed by atoms with Gasteiger partial charge in [0.1, 0.15) is 6.54 Å². The molecular formula is C14H18F3N3O4S. The molecule has 11 heteroatoms. The fraction of sp³-hybridized carbons (Fsp3) is 0.429. The number of halogens is 3. The van der Waals surface area contributed by atoms with E-state index in [1.165, 1.54) is 16.9 Å². The number of amides is 2. The number of hydrogen-bond donors (Lipinski definition) is 3. The largest absolute Gasteiger partial charge is 0.402 e. The predicted molar refractivity (Wildman–Crippen MR) is 82.7 cm³/mol. The topological polar surface area (TPSA) is 104 Å². The van der Waals surface area contributed by atoms with Crippen LogP contribution < -0.4 is 15.6 Å². The molecule has 0 aliphatic heterocycles. The van der Waals surface area contributed by atoms with Gasteiger partial charge in [-0.3, -0.25) is 20.4 Å². The van der Waals surface area contributed by atoms with Crippen molar-refractivity contribution in [2.24, 2.45) is 5.92 Å². The molecule has 0 bridgehead atoms. The lowest BCUT2D eigenvalue weighted by molar-refractivity contribution is -0.122. The molecule has 1 aromatic rings. The fourth-order valence-corrected chi connectivity index (χ4v) is 2.75. The zero-order chi connectivity index (χ0) is 19.3. The second-order valence-electron chi connectivity index (χ2n) is 5.57. The van der Waals surface area contributed by atoms with Crippen LogP contribution in [0.25, 0.3) is 0 Å². The van der Waals surface area contributed by atoms with E-state index in [1.807, 2.05) is 13.8 Å². The van der Waals surface area contributed by atoms with Crippen molar-refractivity contribution in [3.8, 4) is 0 Å². The third-order valence-electron chi connectivity index (χ3n) is 2.78. The van der Waals surface area contributed by atoms with Crippen molar-refractivity contribution in [2.75, 3.05) is 6.54 Å². The molecule has 25 heavy (non-hydrogen) atoms. The molecule has 0 spiro atoms. The van der Waals surface area contributed by atoms with Crippen LogP contribution in [0.15, 0.2) is 29.2 Å². The maximum atomic E-state index is 12.1. The molecule has 0 unspecified atom stereocenters. The van der Waals surface area contributed by atoms with Gasteiger partial charge in [-0.1, -0.05) is 19.9 Å². The van der Waals surface area contributed by atoms with Gasteiger partial charge in [0.25, 0.3) is 5.91 Å². The molecule has 0 fully saturated rings. The minimum atomic E-state index is -4.71. The molecule has 2 amide bonds. The van der Waals surface area contributed by atoms with Crippen LogP contribution in [-0.2, 0) is 14.8 Å². The van der Waals surface area contributed by atoms with Gasteiger partial charge >= 0.3 is 6.18 Å². The monoisotopic (exact) mass is 381 g/mol. The molecular weight excluding hydrogens is 363 g/mol. The first kappa shape index (κ1) is 20.9. The highest BCUT2D eigenvalue weighted by Gasteiger charge is 2.30. The van der Waals surface area contributed by atoms with Crippen LogP contribution in [0.1, 0.15) is 30.6 Å². The Morgan fingerprint density at radius 2 is 1.80 bits per heavy atom. The summed E-state index contributed by atoms with van der Waals surface area (Å²) < 4.78 is 61.5. The average Bonchev–Trinajstić information content (AvgIpc) is 2.49. The lowest BCUT2D eigenvalue weighted by Gasteiger charge is -2.11. The zero-order valence-corrected chi connectivity index (χ0v) is 14.3. The summed E-state index contributed by atoms with van der Waals surface area (Å²) in [5, 5.41) is 0. The Bertz CT molecular complexity index is 733. The van der Waals surface area contributed by atoms with E-state index in [0.717, 1.165) is 12.1 Å². The lowest BCUT2D eigenvalue weighted by Crippen LogP contribution is -2.42. The Morgan fingerprint density at radius 3 is 2.36 bits per heavy atom. The molecule has 0 aromatic heterocycles. The number of hydrazine groups is 1. The van der Waals surface area contributed by atoms with E-state index >= 15 is 0 Å². The summed E-state index contributed by atoms with van der Waals surface area (Å²) in [5.41, 5.74) is 4.13. The number of alkyl halides is 3. The fourth-order valence-electron chi connectivity index (χ4n) is 1.69.